The Morgan fingerprint density at radius 2 is 2.05 bits per heavy atom. The Hall–Kier alpha value is -0.920. The van der Waals surface area contributed by atoms with Crippen LogP contribution >= 0.6 is 0 Å². The highest BCUT2D eigenvalue weighted by molar-refractivity contribution is 5.89. The van der Waals surface area contributed by atoms with E-state index in [0.29, 0.717) is 41.7 Å². The second-order valence-corrected chi connectivity index (χ2v) is 8.29. The zero-order valence-electron chi connectivity index (χ0n) is 13.6. The van der Waals surface area contributed by atoms with Gasteiger partial charge >= 0.3 is 0 Å². The number of carbonyl (C=O) groups is 1. The van der Waals surface area contributed by atoms with Crippen LogP contribution in [0.3, 0.4) is 0 Å². The second-order valence-electron chi connectivity index (χ2n) is 8.29. The Kier molecular flexibility index (Phi) is 3.36. The van der Waals surface area contributed by atoms with E-state index in [1.807, 2.05) is 0 Å². The number of Topliss-reactive ketones (excluding diaryl/α,β-unsaturated/α-hetero) is 1. The minimum atomic E-state index is -0.456. The van der Waals surface area contributed by atoms with E-state index in [-0.39, 0.29) is 0 Å². The Morgan fingerprint density at radius 3 is 2.86 bits per heavy atom. The molecule has 0 amide bonds. The predicted octanol–water partition coefficient (Wildman–Crippen LogP) is 5.37. The lowest BCUT2D eigenvalue weighted by Gasteiger charge is -2.57. The van der Waals surface area contributed by atoms with Crippen molar-refractivity contribution in [3.63, 3.8) is 0 Å². The molecule has 0 spiro atoms. The molecule has 0 N–H and O–H groups in total. The van der Waals surface area contributed by atoms with Crippen LogP contribution < -0.4 is 0 Å². The van der Waals surface area contributed by atoms with Gasteiger partial charge in [0, 0.05) is 6.42 Å². The van der Waals surface area contributed by atoms with Crippen molar-refractivity contribution in [1.29, 1.82) is 0 Å². The molecule has 0 aromatic carbocycles. The van der Waals surface area contributed by atoms with Gasteiger partial charge < -0.3 is 0 Å². The highest BCUT2D eigenvalue weighted by atomic mass is 19.1. The van der Waals surface area contributed by atoms with Gasteiger partial charge in [0.25, 0.3) is 0 Å². The Labute approximate surface area is 133 Å². The average Bonchev–Trinajstić information content (AvgIpc) is 2.84. The first-order valence-electron chi connectivity index (χ1n) is 9.12. The van der Waals surface area contributed by atoms with Crippen LogP contribution in [0.25, 0.3) is 0 Å². The van der Waals surface area contributed by atoms with E-state index in [0.717, 1.165) is 19.3 Å². The van der Waals surface area contributed by atoms with Crippen LogP contribution in [0.15, 0.2) is 24.1 Å². The molecule has 4 aliphatic rings. The standard InChI is InChI=1S/C20H27FO/c1-19-10-3-2-4-14(19)5-6-15-16(19)9-11-20(12-13-21)17(15)7-8-18(20)22/h4,12-13,15-17H,2-3,5-11H2,1H3/b13-12+/t15-,16+,17+,19+,20-/m1/s1. The molecule has 0 bridgehead atoms. The smallest absolute Gasteiger partial charge is 0.143 e. The van der Waals surface area contributed by atoms with Gasteiger partial charge in [0.05, 0.1) is 11.7 Å². The zero-order valence-corrected chi connectivity index (χ0v) is 13.6. The molecule has 0 radical (unpaired) electrons. The quantitative estimate of drug-likeness (QED) is 0.595. The number of hydrogen-bond acceptors (Lipinski definition) is 1. The van der Waals surface area contributed by atoms with Crippen molar-refractivity contribution in [2.75, 3.05) is 0 Å². The molecule has 0 aromatic rings. The Morgan fingerprint density at radius 1 is 1.18 bits per heavy atom. The third-order valence-corrected chi connectivity index (χ3v) is 7.72. The van der Waals surface area contributed by atoms with Gasteiger partial charge in [0.2, 0.25) is 0 Å². The molecule has 5 atom stereocenters. The van der Waals surface area contributed by atoms with Gasteiger partial charge in [0.15, 0.2) is 0 Å². The summed E-state index contributed by atoms with van der Waals surface area (Å²) >= 11 is 0. The number of allylic oxidation sites excluding steroid dienone is 3. The van der Waals surface area contributed by atoms with Gasteiger partial charge in [-0.15, -0.1) is 0 Å². The van der Waals surface area contributed by atoms with Crippen molar-refractivity contribution in [3.05, 3.63) is 24.1 Å². The van der Waals surface area contributed by atoms with Crippen molar-refractivity contribution in [3.8, 4) is 0 Å². The van der Waals surface area contributed by atoms with Crippen LogP contribution in [0.1, 0.15) is 64.7 Å². The molecule has 4 rings (SSSR count). The minimum absolute atomic E-state index is 0.306. The lowest BCUT2D eigenvalue weighted by Crippen LogP contribution is -2.50. The van der Waals surface area contributed by atoms with E-state index < -0.39 is 5.41 Å². The van der Waals surface area contributed by atoms with Crippen LogP contribution in [-0.4, -0.2) is 5.78 Å². The monoisotopic (exact) mass is 302 g/mol. The minimum Gasteiger partial charge on any atom is -0.299 e. The summed E-state index contributed by atoms with van der Waals surface area (Å²) in [5.74, 6) is 2.03. The molecule has 0 saturated heterocycles. The lowest BCUT2D eigenvalue weighted by molar-refractivity contribution is -0.129. The molecule has 3 saturated carbocycles. The lowest BCUT2D eigenvalue weighted by atomic mass is 9.47. The van der Waals surface area contributed by atoms with Gasteiger partial charge in [0.1, 0.15) is 5.78 Å². The largest absolute Gasteiger partial charge is 0.299 e. The topological polar surface area (TPSA) is 17.1 Å². The Balaban J connectivity index is 1.71. The van der Waals surface area contributed by atoms with Crippen molar-refractivity contribution in [1.82, 2.24) is 0 Å². The summed E-state index contributed by atoms with van der Waals surface area (Å²) in [5.41, 5.74) is 1.60. The summed E-state index contributed by atoms with van der Waals surface area (Å²) in [7, 11) is 0. The number of carbonyl (C=O) groups excluding carboxylic acids is 1. The summed E-state index contributed by atoms with van der Waals surface area (Å²) in [6.07, 6.45) is 14.7. The SMILES string of the molecule is C[C@]12CCCC=C1CC[C@@H]1[C@@H]2CC[C@]2(/C=C/F)C(=O)CC[C@@H]12. The maximum atomic E-state index is 13.0. The van der Waals surface area contributed by atoms with E-state index in [2.05, 4.69) is 13.0 Å². The van der Waals surface area contributed by atoms with Gasteiger partial charge in [-0.05, 0) is 80.6 Å². The summed E-state index contributed by atoms with van der Waals surface area (Å²) in [6, 6.07) is 0. The summed E-state index contributed by atoms with van der Waals surface area (Å²) in [5, 5.41) is 0. The van der Waals surface area contributed by atoms with Crippen LogP contribution in [0.2, 0.25) is 0 Å². The third-order valence-electron chi connectivity index (χ3n) is 7.72. The first-order valence-corrected chi connectivity index (χ1v) is 9.12. The van der Waals surface area contributed by atoms with Crippen LogP contribution in [0.4, 0.5) is 4.39 Å². The second kappa shape index (κ2) is 5.04. The number of halogens is 1. The maximum Gasteiger partial charge on any atom is 0.143 e. The molecule has 4 aliphatic carbocycles. The summed E-state index contributed by atoms with van der Waals surface area (Å²) < 4.78 is 13.0. The zero-order chi connectivity index (χ0) is 15.4. The molecule has 0 heterocycles. The van der Waals surface area contributed by atoms with E-state index in [1.54, 1.807) is 11.6 Å². The number of fused-ring (bicyclic) bond motifs is 5. The Bertz CT molecular complexity index is 548. The fraction of sp³-hybridized carbons (Fsp3) is 0.750. The summed E-state index contributed by atoms with van der Waals surface area (Å²) in [4.78, 5) is 12.5. The van der Waals surface area contributed by atoms with Crippen molar-refractivity contribution in [2.45, 2.75) is 64.7 Å². The van der Waals surface area contributed by atoms with Crippen LogP contribution in [0.5, 0.6) is 0 Å². The molecular weight excluding hydrogens is 275 g/mol. The van der Waals surface area contributed by atoms with E-state index in [1.165, 1.54) is 32.1 Å². The highest BCUT2D eigenvalue weighted by Crippen LogP contribution is 2.64. The molecular formula is C20H27FO. The fourth-order valence-corrected chi connectivity index (χ4v) is 6.67. The normalized spacial score (nSPS) is 47.8. The molecule has 2 heteroatoms. The third kappa shape index (κ3) is 1.79. The van der Waals surface area contributed by atoms with Crippen molar-refractivity contribution in [2.24, 2.45) is 28.6 Å². The molecule has 0 aromatic heterocycles. The summed E-state index contributed by atoms with van der Waals surface area (Å²) in [6.45, 7) is 2.48. The molecule has 0 unspecified atom stereocenters. The van der Waals surface area contributed by atoms with E-state index in [9.17, 15) is 9.18 Å². The molecule has 3 fully saturated rings. The van der Waals surface area contributed by atoms with Crippen molar-refractivity contribution < 1.29 is 9.18 Å². The van der Waals surface area contributed by atoms with Crippen LogP contribution in [-0.2, 0) is 4.79 Å². The first-order chi connectivity index (χ1) is 10.6. The molecule has 1 nitrogen and oxygen atoms in total. The fourth-order valence-electron chi connectivity index (χ4n) is 6.67. The van der Waals surface area contributed by atoms with Gasteiger partial charge in [-0.1, -0.05) is 18.6 Å². The van der Waals surface area contributed by atoms with Gasteiger partial charge in [-0.2, -0.15) is 0 Å². The maximum absolute atomic E-state index is 13.0. The average molecular weight is 302 g/mol. The first kappa shape index (κ1) is 14.7. The predicted molar refractivity (Wildman–Crippen MR) is 85.9 cm³/mol. The molecule has 0 aliphatic heterocycles. The van der Waals surface area contributed by atoms with Crippen molar-refractivity contribution >= 4 is 5.78 Å². The van der Waals surface area contributed by atoms with Gasteiger partial charge in [-0.25, -0.2) is 4.39 Å². The van der Waals surface area contributed by atoms with Gasteiger partial charge in [-0.3, -0.25) is 4.79 Å². The van der Waals surface area contributed by atoms with E-state index in [4.69, 9.17) is 0 Å². The highest BCUT2D eigenvalue weighted by Gasteiger charge is 2.59. The van der Waals surface area contributed by atoms with E-state index >= 15 is 0 Å². The number of rotatable bonds is 1. The number of hydrogen-bond donors (Lipinski definition) is 0. The molecule has 22 heavy (non-hydrogen) atoms. The number of ketones is 1. The van der Waals surface area contributed by atoms with Crippen LogP contribution in [0, 0.1) is 28.6 Å². The molecule has 120 valence electrons.